The standard InChI is InChI=1S/C19H34N4OS.HI/c1-5-13-24-19(10-7-6-8-11-19)14-22-18(20-4)21-12-9-17-23-15(2)16(3)25-17;/h5-14H2,1-4H3,(H2,20,21,22);1H. The maximum Gasteiger partial charge on any atom is 0.191 e. The highest BCUT2D eigenvalue weighted by Gasteiger charge is 2.32. The van der Waals surface area contributed by atoms with Crippen molar-refractivity contribution in [1.82, 2.24) is 15.6 Å². The van der Waals surface area contributed by atoms with E-state index in [1.807, 2.05) is 7.05 Å². The van der Waals surface area contributed by atoms with Gasteiger partial charge in [0.05, 0.1) is 16.3 Å². The molecule has 0 amide bonds. The maximum atomic E-state index is 6.25. The summed E-state index contributed by atoms with van der Waals surface area (Å²) in [6, 6.07) is 0. The number of hydrogen-bond acceptors (Lipinski definition) is 4. The summed E-state index contributed by atoms with van der Waals surface area (Å²) >= 11 is 1.79. The molecule has 1 aliphatic carbocycles. The van der Waals surface area contributed by atoms with Gasteiger partial charge in [-0.1, -0.05) is 26.2 Å². The van der Waals surface area contributed by atoms with Crippen molar-refractivity contribution in [2.24, 2.45) is 4.99 Å². The quantitative estimate of drug-likeness (QED) is 0.323. The van der Waals surface area contributed by atoms with Gasteiger partial charge in [-0.25, -0.2) is 4.98 Å². The molecule has 1 fully saturated rings. The lowest BCUT2D eigenvalue weighted by Gasteiger charge is -2.37. The number of guanidine groups is 1. The van der Waals surface area contributed by atoms with Crippen LogP contribution in [0.5, 0.6) is 0 Å². The van der Waals surface area contributed by atoms with E-state index in [1.54, 1.807) is 11.3 Å². The Morgan fingerprint density at radius 1 is 1.23 bits per heavy atom. The zero-order valence-electron chi connectivity index (χ0n) is 16.7. The number of nitrogens with zero attached hydrogens (tertiary/aromatic N) is 2. The molecule has 1 aliphatic rings. The largest absolute Gasteiger partial charge is 0.373 e. The van der Waals surface area contributed by atoms with E-state index >= 15 is 0 Å². The van der Waals surface area contributed by atoms with Crippen LogP contribution in [0.3, 0.4) is 0 Å². The van der Waals surface area contributed by atoms with Crippen molar-refractivity contribution in [3.05, 3.63) is 15.6 Å². The van der Waals surface area contributed by atoms with E-state index in [-0.39, 0.29) is 29.6 Å². The van der Waals surface area contributed by atoms with Crippen molar-refractivity contribution < 1.29 is 4.74 Å². The molecule has 0 radical (unpaired) electrons. The molecule has 0 saturated heterocycles. The van der Waals surface area contributed by atoms with Crippen LogP contribution in [0.4, 0.5) is 0 Å². The summed E-state index contributed by atoms with van der Waals surface area (Å²) in [6.45, 7) is 8.90. The Balaban J connectivity index is 0.00000338. The molecule has 1 heterocycles. The lowest BCUT2D eigenvalue weighted by atomic mass is 9.84. The van der Waals surface area contributed by atoms with Gasteiger partial charge in [-0.15, -0.1) is 35.3 Å². The fraction of sp³-hybridized carbons (Fsp3) is 0.789. The smallest absolute Gasteiger partial charge is 0.191 e. The molecule has 7 heteroatoms. The van der Waals surface area contributed by atoms with E-state index < -0.39 is 0 Å². The average molecular weight is 494 g/mol. The number of ether oxygens (including phenoxy) is 1. The third kappa shape index (κ3) is 7.31. The Morgan fingerprint density at radius 3 is 2.54 bits per heavy atom. The van der Waals surface area contributed by atoms with Crippen molar-refractivity contribution in [2.45, 2.75) is 71.3 Å². The monoisotopic (exact) mass is 494 g/mol. The average Bonchev–Trinajstić information content (AvgIpc) is 2.95. The number of thiazole rings is 1. The van der Waals surface area contributed by atoms with Gasteiger partial charge in [-0.2, -0.15) is 0 Å². The molecule has 5 nitrogen and oxygen atoms in total. The topological polar surface area (TPSA) is 58.5 Å². The molecular weight excluding hydrogens is 459 g/mol. The normalized spacial score (nSPS) is 16.8. The number of rotatable bonds is 8. The Bertz CT molecular complexity index is 536. The lowest BCUT2D eigenvalue weighted by molar-refractivity contribution is -0.0657. The first-order chi connectivity index (χ1) is 12.1. The van der Waals surface area contributed by atoms with E-state index in [4.69, 9.17) is 4.74 Å². The van der Waals surface area contributed by atoms with E-state index in [2.05, 4.69) is 41.4 Å². The fourth-order valence-electron chi connectivity index (χ4n) is 3.29. The molecule has 2 rings (SSSR count). The molecule has 0 spiro atoms. The van der Waals surface area contributed by atoms with Crippen LogP contribution >= 0.6 is 35.3 Å². The molecule has 0 unspecified atom stereocenters. The Morgan fingerprint density at radius 2 is 1.96 bits per heavy atom. The first-order valence-corrected chi connectivity index (χ1v) is 10.4. The molecular formula is C19H35IN4OS. The van der Waals surface area contributed by atoms with Crippen LogP contribution in [-0.4, -0.2) is 43.3 Å². The maximum absolute atomic E-state index is 6.25. The first kappa shape index (κ1) is 23.6. The predicted octanol–water partition coefficient (Wildman–Crippen LogP) is 4.21. The van der Waals surface area contributed by atoms with Crippen LogP contribution in [0.2, 0.25) is 0 Å². The van der Waals surface area contributed by atoms with Crippen LogP contribution in [0.1, 0.15) is 61.0 Å². The van der Waals surface area contributed by atoms with Gasteiger partial charge in [-0.3, -0.25) is 4.99 Å². The number of aromatic nitrogens is 1. The van der Waals surface area contributed by atoms with E-state index in [9.17, 15) is 0 Å². The van der Waals surface area contributed by atoms with Crippen molar-refractivity contribution >= 4 is 41.3 Å². The minimum atomic E-state index is -0.0184. The summed E-state index contributed by atoms with van der Waals surface area (Å²) in [5.41, 5.74) is 1.13. The molecule has 0 atom stereocenters. The van der Waals surface area contributed by atoms with Crippen molar-refractivity contribution in [2.75, 3.05) is 26.7 Å². The molecule has 2 N–H and O–H groups in total. The number of hydrogen-bond donors (Lipinski definition) is 2. The number of nitrogens with one attached hydrogen (secondary N) is 2. The highest BCUT2D eigenvalue weighted by atomic mass is 127. The van der Waals surface area contributed by atoms with E-state index in [1.165, 1.54) is 29.1 Å². The third-order valence-corrected chi connectivity index (χ3v) is 6.02. The van der Waals surface area contributed by atoms with Gasteiger partial charge in [0.25, 0.3) is 0 Å². The second kappa shape index (κ2) is 12.1. The summed E-state index contributed by atoms with van der Waals surface area (Å²) in [5, 5.41) is 8.09. The fourth-order valence-corrected chi connectivity index (χ4v) is 4.22. The predicted molar refractivity (Wildman–Crippen MR) is 122 cm³/mol. The van der Waals surface area contributed by atoms with Gasteiger partial charge in [-0.05, 0) is 33.1 Å². The van der Waals surface area contributed by atoms with Crippen molar-refractivity contribution in [3.8, 4) is 0 Å². The van der Waals surface area contributed by atoms with E-state index in [0.717, 1.165) is 57.0 Å². The second-order valence-corrected chi connectivity index (χ2v) is 8.23. The highest BCUT2D eigenvalue weighted by molar-refractivity contribution is 14.0. The van der Waals surface area contributed by atoms with Gasteiger partial charge in [0.15, 0.2) is 5.96 Å². The van der Waals surface area contributed by atoms with Gasteiger partial charge >= 0.3 is 0 Å². The zero-order valence-corrected chi connectivity index (χ0v) is 19.8. The summed E-state index contributed by atoms with van der Waals surface area (Å²) in [4.78, 5) is 10.3. The van der Waals surface area contributed by atoms with Crippen LogP contribution < -0.4 is 10.6 Å². The summed E-state index contributed by atoms with van der Waals surface area (Å²) in [5.74, 6) is 0.857. The number of halogens is 1. The second-order valence-electron chi connectivity index (χ2n) is 6.94. The van der Waals surface area contributed by atoms with Crippen LogP contribution in [0.15, 0.2) is 4.99 Å². The molecule has 1 aromatic heterocycles. The van der Waals surface area contributed by atoms with E-state index in [0.29, 0.717) is 0 Å². The molecule has 1 aromatic rings. The Kier molecular flexibility index (Phi) is 11.0. The van der Waals surface area contributed by atoms with Gasteiger partial charge in [0.1, 0.15) is 0 Å². The van der Waals surface area contributed by atoms with Crippen molar-refractivity contribution in [3.63, 3.8) is 0 Å². The van der Waals surface area contributed by atoms with Crippen molar-refractivity contribution in [1.29, 1.82) is 0 Å². The summed E-state index contributed by atoms with van der Waals surface area (Å²) < 4.78 is 6.25. The summed E-state index contributed by atoms with van der Waals surface area (Å²) in [7, 11) is 1.83. The highest BCUT2D eigenvalue weighted by Crippen LogP contribution is 2.31. The van der Waals surface area contributed by atoms with Crippen LogP contribution in [0.25, 0.3) is 0 Å². The molecule has 0 aliphatic heterocycles. The first-order valence-electron chi connectivity index (χ1n) is 9.60. The SMILES string of the molecule is CCCOC1(CNC(=NC)NCCc2nc(C)c(C)s2)CCCCC1.I. The van der Waals surface area contributed by atoms with Crippen LogP contribution in [0, 0.1) is 13.8 Å². The van der Waals surface area contributed by atoms with Crippen LogP contribution in [-0.2, 0) is 11.2 Å². The molecule has 26 heavy (non-hydrogen) atoms. The summed E-state index contributed by atoms with van der Waals surface area (Å²) in [6.07, 6.45) is 8.15. The minimum Gasteiger partial charge on any atom is -0.373 e. The van der Waals surface area contributed by atoms with Gasteiger partial charge < -0.3 is 15.4 Å². The minimum absolute atomic E-state index is 0. The molecule has 150 valence electrons. The van der Waals surface area contributed by atoms with Gasteiger partial charge in [0, 0.05) is 38.0 Å². The molecule has 0 aromatic carbocycles. The number of aliphatic imine (C=N–C) groups is 1. The lowest BCUT2D eigenvalue weighted by Crippen LogP contribution is -2.50. The zero-order chi connectivity index (χ0) is 18.1. The molecule has 0 bridgehead atoms. The molecule has 1 saturated carbocycles. The third-order valence-electron chi connectivity index (χ3n) is 4.88. The van der Waals surface area contributed by atoms with Gasteiger partial charge in [0.2, 0.25) is 0 Å². The Labute approximate surface area is 179 Å². The Hall–Kier alpha value is -0.410. The number of aryl methyl sites for hydroxylation is 2.